The van der Waals surface area contributed by atoms with Gasteiger partial charge in [-0.15, -0.1) is 0 Å². The van der Waals surface area contributed by atoms with Crippen molar-refractivity contribution in [1.82, 2.24) is 0 Å². The quantitative estimate of drug-likeness (QED) is 0.453. The fourth-order valence-electron chi connectivity index (χ4n) is 3.26. The highest BCUT2D eigenvalue weighted by molar-refractivity contribution is 5.92. The van der Waals surface area contributed by atoms with Gasteiger partial charge in [0.25, 0.3) is 11.6 Å². The van der Waals surface area contributed by atoms with Gasteiger partial charge in [-0.05, 0) is 37.1 Å². The molecule has 0 radical (unpaired) electrons. The molecule has 0 saturated carbocycles. The van der Waals surface area contributed by atoms with E-state index in [0.717, 1.165) is 6.07 Å². The number of carbonyl (C=O) groups excluding carboxylic acids is 2. The van der Waals surface area contributed by atoms with Crippen molar-refractivity contribution in [3.05, 3.63) is 64.5 Å². The average Bonchev–Trinajstić information content (AvgIpc) is 2.72. The molecule has 0 atom stereocenters. The summed E-state index contributed by atoms with van der Waals surface area (Å²) >= 11 is 0. The predicted octanol–water partition coefficient (Wildman–Crippen LogP) is 3.13. The van der Waals surface area contributed by atoms with Crippen molar-refractivity contribution in [2.45, 2.75) is 12.8 Å². The summed E-state index contributed by atoms with van der Waals surface area (Å²) in [5.41, 5.74) is 0.838. The van der Waals surface area contributed by atoms with Crippen LogP contribution in [0.25, 0.3) is 0 Å². The van der Waals surface area contributed by atoms with Gasteiger partial charge < -0.3 is 15.0 Å². The predicted molar refractivity (Wildman–Crippen MR) is 104 cm³/mol. The minimum absolute atomic E-state index is 0.0301. The van der Waals surface area contributed by atoms with E-state index in [1.54, 1.807) is 18.2 Å². The second-order valence-corrected chi connectivity index (χ2v) is 6.67. The molecule has 1 amide bonds. The Hall–Kier alpha value is -3.49. The Bertz CT molecular complexity index is 912. The standard InChI is InChI=1S/C20H20FN3O5/c21-15-4-3-5-16(12-15)22-19(25)13-29-20(26)14-8-10-23(11-9-14)17-6-1-2-7-18(17)24(27)28/h1-7,12,14H,8-11,13H2,(H,22,25). The number of nitro groups is 1. The summed E-state index contributed by atoms with van der Waals surface area (Å²) in [7, 11) is 0. The molecular formula is C20H20FN3O5. The van der Waals surface area contributed by atoms with E-state index in [1.807, 2.05) is 4.90 Å². The lowest BCUT2D eigenvalue weighted by Gasteiger charge is -2.32. The van der Waals surface area contributed by atoms with Crippen LogP contribution < -0.4 is 10.2 Å². The number of rotatable bonds is 6. The Labute approximate surface area is 166 Å². The van der Waals surface area contributed by atoms with Crippen LogP contribution in [-0.2, 0) is 14.3 Å². The van der Waals surface area contributed by atoms with E-state index in [4.69, 9.17) is 4.74 Å². The minimum atomic E-state index is -0.554. The van der Waals surface area contributed by atoms with Gasteiger partial charge in [0.2, 0.25) is 0 Å². The number of carbonyl (C=O) groups is 2. The van der Waals surface area contributed by atoms with E-state index in [9.17, 15) is 24.1 Å². The summed E-state index contributed by atoms with van der Waals surface area (Å²) in [6.45, 7) is 0.486. The number of ether oxygens (including phenoxy) is 1. The molecule has 0 aliphatic carbocycles. The van der Waals surface area contributed by atoms with Crippen LogP contribution >= 0.6 is 0 Å². The molecule has 29 heavy (non-hydrogen) atoms. The third-order valence-corrected chi connectivity index (χ3v) is 4.70. The molecule has 152 valence electrons. The number of hydrogen-bond acceptors (Lipinski definition) is 6. The van der Waals surface area contributed by atoms with Gasteiger partial charge in [-0.1, -0.05) is 18.2 Å². The Morgan fingerprint density at radius 3 is 2.59 bits per heavy atom. The normalized spacial score (nSPS) is 14.3. The van der Waals surface area contributed by atoms with Crippen LogP contribution in [0.3, 0.4) is 0 Å². The summed E-state index contributed by atoms with van der Waals surface area (Å²) in [4.78, 5) is 36.7. The largest absolute Gasteiger partial charge is 0.455 e. The lowest BCUT2D eigenvalue weighted by atomic mass is 9.96. The van der Waals surface area contributed by atoms with Crippen LogP contribution in [0.2, 0.25) is 0 Å². The number of nitrogens with one attached hydrogen (secondary N) is 1. The number of nitrogens with zero attached hydrogens (tertiary/aromatic N) is 2. The molecule has 0 aromatic heterocycles. The smallest absolute Gasteiger partial charge is 0.309 e. The third kappa shape index (κ3) is 5.28. The number of nitro benzene ring substituents is 1. The fourth-order valence-corrected chi connectivity index (χ4v) is 3.26. The van der Waals surface area contributed by atoms with E-state index in [-0.39, 0.29) is 17.3 Å². The Balaban J connectivity index is 1.48. The van der Waals surface area contributed by atoms with Gasteiger partial charge in [0.1, 0.15) is 11.5 Å². The maximum Gasteiger partial charge on any atom is 0.309 e. The van der Waals surface area contributed by atoms with Gasteiger partial charge in [0.15, 0.2) is 6.61 Å². The first-order chi connectivity index (χ1) is 13.9. The molecule has 1 heterocycles. The van der Waals surface area contributed by atoms with Gasteiger partial charge in [-0.3, -0.25) is 19.7 Å². The first-order valence-corrected chi connectivity index (χ1v) is 9.14. The lowest BCUT2D eigenvalue weighted by molar-refractivity contribution is -0.384. The first kappa shape index (κ1) is 20.2. The molecule has 1 aliphatic rings. The molecule has 1 aliphatic heterocycles. The topological polar surface area (TPSA) is 102 Å². The number of benzene rings is 2. The molecule has 1 N–H and O–H groups in total. The number of amides is 1. The first-order valence-electron chi connectivity index (χ1n) is 9.14. The molecule has 8 nitrogen and oxygen atoms in total. The summed E-state index contributed by atoms with van der Waals surface area (Å²) in [6, 6.07) is 11.9. The maximum absolute atomic E-state index is 13.1. The summed E-state index contributed by atoms with van der Waals surface area (Å²) < 4.78 is 18.2. The van der Waals surface area contributed by atoms with Crippen molar-refractivity contribution in [1.29, 1.82) is 0 Å². The van der Waals surface area contributed by atoms with Gasteiger partial charge in [0, 0.05) is 24.8 Å². The average molecular weight is 401 g/mol. The second-order valence-electron chi connectivity index (χ2n) is 6.67. The van der Waals surface area contributed by atoms with Crippen LogP contribution in [0.5, 0.6) is 0 Å². The third-order valence-electron chi connectivity index (χ3n) is 4.70. The van der Waals surface area contributed by atoms with Crippen molar-refractivity contribution in [3.63, 3.8) is 0 Å². The van der Waals surface area contributed by atoms with Crippen LogP contribution in [0, 0.1) is 21.8 Å². The highest BCUT2D eigenvalue weighted by atomic mass is 19.1. The molecule has 2 aromatic rings. The molecule has 1 fully saturated rings. The van der Waals surface area contributed by atoms with Crippen molar-refractivity contribution in [3.8, 4) is 0 Å². The van der Waals surface area contributed by atoms with Crippen LogP contribution in [0.15, 0.2) is 48.5 Å². The summed E-state index contributed by atoms with van der Waals surface area (Å²) in [6.07, 6.45) is 0.937. The van der Waals surface area contributed by atoms with Crippen molar-refractivity contribution in [2.24, 2.45) is 5.92 Å². The fraction of sp³-hybridized carbons (Fsp3) is 0.300. The van der Waals surface area contributed by atoms with Crippen molar-refractivity contribution >= 4 is 28.9 Å². The molecule has 2 aromatic carbocycles. The molecule has 0 spiro atoms. The van der Waals surface area contributed by atoms with E-state index >= 15 is 0 Å². The lowest BCUT2D eigenvalue weighted by Crippen LogP contribution is -2.37. The Morgan fingerprint density at radius 1 is 1.17 bits per heavy atom. The zero-order valence-electron chi connectivity index (χ0n) is 15.5. The number of piperidine rings is 1. The molecular weight excluding hydrogens is 381 g/mol. The molecule has 1 saturated heterocycles. The Morgan fingerprint density at radius 2 is 1.90 bits per heavy atom. The van der Waals surface area contributed by atoms with Crippen molar-refractivity contribution in [2.75, 3.05) is 29.9 Å². The van der Waals surface area contributed by atoms with Crippen molar-refractivity contribution < 1.29 is 23.6 Å². The van der Waals surface area contributed by atoms with Gasteiger partial charge >= 0.3 is 5.97 Å². The van der Waals surface area contributed by atoms with E-state index in [2.05, 4.69) is 5.32 Å². The SMILES string of the molecule is O=C(COC(=O)C1CCN(c2ccccc2[N+](=O)[O-])CC1)Nc1cccc(F)c1. The monoisotopic (exact) mass is 401 g/mol. The van der Waals surface area contributed by atoms with E-state index < -0.39 is 29.2 Å². The van der Waals surface area contributed by atoms with E-state index in [1.165, 1.54) is 24.3 Å². The highest BCUT2D eigenvalue weighted by Crippen LogP contribution is 2.31. The summed E-state index contributed by atoms with van der Waals surface area (Å²) in [5, 5.41) is 13.6. The molecule has 0 bridgehead atoms. The number of esters is 1. The number of para-hydroxylation sites is 2. The van der Waals surface area contributed by atoms with E-state index in [0.29, 0.717) is 31.6 Å². The Kier molecular flexibility index (Phi) is 6.38. The van der Waals surface area contributed by atoms with Crippen LogP contribution in [0.1, 0.15) is 12.8 Å². The van der Waals surface area contributed by atoms with Crippen LogP contribution in [0.4, 0.5) is 21.5 Å². The molecule has 0 unspecified atom stereocenters. The number of anilines is 2. The number of hydrogen-bond donors (Lipinski definition) is 1. The van der Waals surface area contributed by atoms with Gasteiger partial charge in [0.05, 0.1) is 10.8 Å². The maximum atomic E-state index is 13.1. The van der Waals surface area contributed by atoms with Gasteiger partial charge in [-0.2, -0.15) is 0 Å². The molecule has 3 rings (SSSR count). The second kappa shape index (κ2) is 9.13. The molecule has 9 heteroatoms. The highest BCUT2D eigenvalue weighted by Gasteiger charge is 2.29. The van der Waals surface area contributed by atoms with Crippen LogP contribution in [-0.4, -0.2) is 36.5 Å². The zero-order valence-corrected chi connectivity index (χ0v) is 15.5. The summed E-state index contributed by atoms with van der Waals surface area (Å²) in [5.74, 6) is -1.90. The number of halogens is 1. The van der Waals surface area contributed by atoms with Gasteiger partial charge in [-0.25, -0.2) is 4.39 Å². The minimum Gasteiger partial charge on any atom is -0.455 e. The zero-order chi connectivity index (χ0) is 20.8.